The van der Waals surface area contributed by atoms with Gasteiger partial charge in [-0.05, 0) is 70.6 Å². The molecule has 0 aromatic heterocycles. The number of ether oxygens (including phenoxy) is 4. The molecule has 0 aliphatic heterocycles. The van der Waals surface area contributed by atoms with Gasteiger partial charge < -0.3 is 33.3 Å². The summed E-state index contributed by atoms with van der Waals surface area (Å²) < 4.78 is 22.9. The molecular formula is C86H155NO8. The van der Waals surface area contributed by atoms with Crippen molar-refractivity contribution < 1.29 is 42.9 Å². The van der Waals surface area contributed by atoms with E-state index >= 15 is 0 Å². The van der Waals surface area contributed by atoms with Crippen LogP contribution >= 0.6 is 0 Å². The third-order valence-electron chi connectivity index (χ3n) is 18.2. The lowest BCUT2D eigenvalue weighted by atomic mass is 10.0. The van der Waals surface area contributed by atoms with E-state index in [9.17, 15) is 19.5 Å². The van der Waals surface area contributed by atoms with Crippen LogP contribution < -0.4 is 5.11 Å². The number of unbranched alkanes of at least 4 members (excludes halogenated alkanes) is 47. The van der Waals surface area contributed by atoms with Crippen molar-refractivity contribution in [2.24, 2.45) is 0 Å². The highest BCUT2D eigenvalue weighted by molar-refractivity contribution is 5.70. The Kier molecular flexibility index (Phi) is 73.4. The fourth-order valence-electron chi connectivity index (χ4n) is 12.0. The van der Waals surface area contributed by atoms with E-state index in [2.05, 4.69) is 98.9 Å². The van der Waals surface area contributed by atoms with E-state index in [0.29, 0.717) is 23.9 Å². The smallest absolute Gasteiger partial charge is 0.306 e. The molecule has 0 aliphatic rings. The van der Waals surface area contributed by atoms with Crippen molar-refractivity contribution in [3.63, 3.8) is 0 Å². The predicted octanol–water partition coefficient (Wildman–Crippen LogP) is 24.8. The number of aliphatic carboxylic acids is 1. The number of carboxylic acids is 1. The molecule has 0 saturated carbocycles. The summed E-state index contributed by atoms with van der Waals surface area (Å²) in [6.07, 6.45) is 101. The van der Waals surface area contributed by atoms with Gasteiger partial charge in [-0.3, -0.25) is 9.59 Å². The largest absolute Gasteiger partial charge is 0.545 e. The van der Waals surface area contributed by atoms with Crippen LogP contribution in [0.3, 0.4) is 0 Å². The monoisotopic (exact) mass is 1330 g/mol. The number of carbonyl (C=O) groups excluding carboxylic acids is 3. The number of allylic oxidation sites excluding steroid dienone is 14. The fraction of sp³-hybridized carbons (Fsp3) is 0.802. The van der Waals surface area contributed by atoms with Gasteiger partial charge in [0.25, 0.3) is 0 Å². The van der Waals surface area contributed by atoms with Crippen LogP contribution in [0.1, 0.15) is 386 Å². The molecule has 0 aromatic rings. The molecule has 0 N–H and O–H groups in total. The van der Waals surface area contributed by atoms with Crippen LogP contribution in [0.25, 0.3) is 0 Å². The lowest BCUT2D eigenvalue weighted by Crippen LogP contribution is -2.44. The number of quaternary nitrogens is 1. The zero-order valence-electron chi connectivity index (χ0n) is 63.3. The van der Waals surface area contributed by atoms with Gasteiger partial charge in [0.15, 0.2) is 12.4 Å². The number of hydrogen-bond acceptors (Lipinski definition) is 8. The van der Waals surface area contributed by atoms with E-state index in [-0.39, 0.29) is 32.2 Å². The van der Waals surface area contributed by atoms with Crippen LogP contribution in [0.4, 0.5) is 0 Å². The first kappa shape index (κ1) is 91.5. The molecule has 0 saturated heterocycles. The van der Waals surface area contributed by atoms with E-state index in [1.54, 1.807) is 0 Å². The lowest BCUT2D eigenvalue weighted by Gasteiger charge is -2.26. The fourth-order valence-corrected chi connectivity index (χ4v) is 12.0. The van der Waals surface area contributed by atoms with Gasteiger partial charge in [0.2, 0.25) is 0 Å². The topological polar surface area (TPSA) is 111 Å². The Balaban J connectivity index is 4.00. The second-order valence-corrected chi connectivity index (χ2v) is 28.7. The Morgan fingerprint density at radius 3 is 0.895 bits per heavy atom. The maximum atomic E-state index is 13.0. The second kappa shape index (κ2) is 76.2. The maximum Gasteiger partial charge on any atom is 0.306 e. The van der Waals surface area contributed by atoms with Gasteiger partial charge >= 0.3 is 11.9 Å². The highest BCUT2D eigenvalue weighted by atomic mass is 16.7. The van der Waals surface area contributed by atoms with Gasteiger partial charge in [0.1, 0.15) is 13.2 Å². The first-order valence-electron chi connectivity index (χ1n) is 40.7. The summed E-state index contributed by atoms with van der Waals surface area (Å²) in [5.41, 5.74) is 0. The molecule has 9 heteroatoms. The molecule has 0 amide bonds. The summed E-state index contributed by atoms with van der Waals surface area (Å²) in [7, 11) is 5.94. The summed E-state index contributed by atoms with van der Waals surface area (Å²) in [6, 6.07) is 0. The van der Waals surface area contributed by atoms with Crippen LogP contribution in [0, 0.1) is 0 Å². The van der Waals surface area contributed by atoms with Gasteiger partial charge in [-0.2, -0.15) is 0 Å². The van der Waals surface area contributed by atoms with Crippen molar-refractivity contribution in [2.45, 2.75) is 399 Å². The summed E-state index contributed by atoms with van der Waals surface area (Å²) in [4.78, 5) is 37.6. The Morgan fingerprint density at radius 1 is 0.326 bits per heavy atom. The number of nitrogens with zero attached hydrogens (tertiary/aromatic N) is 1. The van der Waals surface area contributed by atoms with Crippen LogP contribution in [-0.2, 0) is 33.3 Å². The van der Waals surface area contributed by atoms with Crippen molar-refractivity contribution in [1.29, 1.82) is 0 Å². The molecule has 552 valence electrons. The van der Waals surface area contributed by atoms with E-state index in [1.807, 2.05) is 21.1 Å². The minimum atomic E-state index is -1.63. The number of hydrogen-bond donors (Lipinski definition) is 0. The maximum absolute atomic E-state index is 13.0. The third-order valence-corrected chi connectivity index (χ3v) is 18.2. The molecule has 0 aliphatic carbocycles. The Labute approximate surface area is 589 Å². The quantitative estimate of drug-likeness (QED) is 0.0195. The van der Waals surface area contributed by atoms with Crippen LogP contribution in [0.5, 0.6) is 0 Å². The minimum absolute atomic E-state index is 0.146. The zero-order chi connectivity index (χ0) is 69.0. The van der Waals surface area contributed by atoms with Crippen molar-refractivity contribution in [3.05, 3.63) is 85.1 Å². The van der Waals surface area contributed by atoms with Gasteiger partial charge in [0, 0.05) is 12.8 Å². The molecule has 0 fully saturated rings. The Hall–Kier alpha value is -3.53. The first-order valence-corrected chi connectivity index (χ1v) is 40.7. The van der Waals surface area contributed by atoms with Gasteiger partial charge in [-0.15, -0.1) is 0 Å². The average Bonchev–Trinajstić information content (AvgIpc) is 3.75. The van der Waals surface area contributed by atoms with E-state index in [1.165, 1.54) is 263 Å². The van der Waals surface area contributed by atoms with Gasteiger partial charge in [-0.25, -0.2) is 0 Å². The molecule has 0 bridgehead atoms. The minimum Gasteiger partial charge on any atom is -0.545 e. The number of esters is 2. The summed E-state index contributed by atoms with van der Waals surface area (Å²) in [5.74, 6) is -2.27. The Morgan fingerprint density at radius 2 is 0.600 bits per heavy atom. The van der Waals surface area contributed by atoms with Crippen LogP contribution in [0.2, 0.25) is 0 Å². The van der Waals surface area contributed by atoms with Crippen molar-refractivity contribution in [2.75, 3.05) is 47.5 Å². The molecule has 9 nitrogen and oxygen atoms in total. The third kappa shape index (κ3) is 77.7. The molecule has 2 unspecified atom stereocenters. The van der Waals surface area contributed by atoms with Crippen molar-refractivity contribution in [3.8, 4) is 0 Å². The molecule has 0 spiro atoms. The molecule has 0 aromatic carbocycles. The van der Waals surface area contributed by atoms with Gasteiger partial charge in [-0.1, -0.05) is 388 Å². The highest BCUT2D eigenvalue weighted by Gasteiger charge is 2.22. The number of likely N-dealkylation sites (N-methyl/N-ethyl adjacent to an activating group) is 1. The van der Waals surface area contributed by atoms with Gasteiger partial charge in [0.05, 0.1) is 40.3 Å². The molecule has 0 heterocycles. The Bertz CT molecular complexity index is 1840. The predicted molar refractivity (Wildman–Crippen MR) is 408 cm³/mol. The SMILES string of the molecule is CC/C=C\C/C=C\C/C=C\C/C=C\C/C=C\C/C=C\C/C=C\CCCCCCCCCCCCCC(=O)OC(COC(=O)CCCCCCCCCCCCCCCCCCCCCCCCCCCCCCCCCCCCCCC)COC(OCC[N+](C)(C)C)C(=O)[O-]. The number of carbonyl (C=O) groups is 3. The van der Waals surface area contributed by atoms with E-state index < -0.39 is 24.3 Å². The first-order chi connectivity index (χ1) is 46.6. The molecule has 2 atom stereocenters. The average molecular weight is 1330 g/mol. The standard InChI is InChI=1S/C86H155NO8/c1-6-8-10-12-14-16-18-20-22-24-26-28-30-32-34-36-38-40-41-42-43-45-46-48-50-52-54-56-58-60-62-64-66-68-70-72-74-76-83(88)93-80-82(81-94-86(85(90)91)92-79-78-87(3,4)5)95-84(89)77-75-73-71-69-67-65-63-61-59-57-55-53-51-49-47-44-39-37-35-33-31-29-27-25-23-21-19-17-15-13-11-9-7-2/h9,11,15,17,21,23,27,29,33,35,39,44,49,51,82,86H,6-8,10,12-14,16,18-20,22,24-26,28,30-32,34,36-38,40-43,45-48,50,52-81H2,1-5H3/b11-9-,17-15-,23-21-,29-27-,35-33-,44-39-,51-49-. The zero-order valence-corrected chi connectivity index (χ0v) is 63.3. The summed E-state index contributed by atoms with van der Waals surface area (Å²) in [5, 5.41) is 11.9. The van der Waals surface area contributed by atoms with Crippen molar-refractivity contribution in [1.82, 2.24) is 0 Å². The van der Waals surface area contributed by atoms with Crippen LogP contribution in [0.15, 0.2) is 85.1 Å². The lowest BCUT2D eigenvalue weighted by molar-refractivity contribution is -0.870. The highest BCUT2D eigenvalue weighted by Crippen LogP contribution is 2.20. The summed E-state index contributed by atoms with van der Waals surface area (Å²) >= 11 is 0. The normalized spacial score (nSPS) is 13.1. The summed E-state index contributed by atoms with van der Waals surface area (Å²) in [6.45, 7) is 4.69. The molecule has 0 radical (unpaired) electrons. The van der Waals surface area contributed by atoms with E-state index in [0.717, 1.165) is 89.9 Å². The molecule has 0 rings (SSSR count). The molecule has 95 heavy (non-hydrogen) atoms. The molecular weight excluding hydrogens is 1170 g/mol. The number of carboxylic acid groups (broad SMARTS) is 1. The second-order valence-electron chi connectivity index (χ2n) is 28.7. The van der Waals surface area contributed by atoms with E-state index in [4.69, 9.17) is 18.9 Å². The van der Waals surface area contributed by atoms with Crippen LogP contribution in [-0.4, -0.2) is 82.3 Å². The van der Waals surface area contributed by atoms with Crippen molar-refractivity contribution >= 4 is 17.9 Å². The number of rotatable bonds is 76.